The van der Waals surface area contributed by atoms with Crippen LogP contribution in [0.4, 0.5) is 4.39 Å². The lowest BCUT2D eigenvalue weighted by atomic mass is 10.2. The fraction of sp³-hybridized carbons (Fsp3) is 0.357. The Bertz CT molecular complexity index is 646. The first-order valence-electron chi connectivity index (χ1n) is 6.51. The SMILES string of the molecule is C=CCNS(=O)(=O)c1cc(C(=O)NC(C)COC)ccc1F. The fourth-order valence-electron chi connectivity index (χ4n) is 1.70. The van der Waals surface area contributed by atoms with Crippen LogP contribution in [0.3, 0.4) is 0 Å². The van der Waals surface area contributed by atoms with Crippen LogP contribution in [0.25, 0.3) is 0 Å². The molecule has 1 aromatic rings. The molecular formula is C14H19FN2O4S. The number of rotatable bonds is 8. The fourth-order valence-corrected chi connectivity index (χ4v) is 2.80. The van der Waals surface area contributed by atoms with Gasteiger partial charge in [-0.25, -0.2) is 17.5 Å². The zero-order valence-electron chi connectivity index (χ0n) is 12.4. The molecule has 0 spiro atoms. The van der Waals surface area contributed by atoms with Gasteiger partial charge >= 0.3 is 0 Å². The van der Waals surface area contributed by atoms with E-state index in [4.69, 9.17) is 4.74 Å². The highest BCUT2D eigenvalue weighted by molar-refractivity contribution is 7.89. The Kier molecular flexibility index (Phi) is 6.66. The number of hydrogen-bond donors (Lipinski definition) is 2. The smallest absolute Gasteiger partial charge is 0.251 e. The number of hydrogen-bond acceptors (Lipinski definition) is 4. The first kappa shape index (κ1) is 18.3. The lowest BCUT2D eigenvalue weighted by molar-refractivity contribution is 0.0905. The second-order valence-corrected chi connectivity index (χ2v) is 6.35. The van der Waals surface area contributed by atoms with Gasteiger partial charge in [-0.2, -0.15) is 0 Å². The molecular weight excluding hydrogens is 311 g/mol. The summed E-state index contributed by atoms with van der Waals surface area (Å²) >= 11 is 0. The van der Waals surface area contributed by atoms with Crippen LogP contribution in [-0.2, 0) is 14.8 Å². The minimum atomic E-state index is -4.05. The highest BCUT2D eigenvalue weighted by Crippen LogP contribution is 2.16. The largest absolute Gasteiger partial charge is 0.383 e. The Morgan fingerprint density at radius 3 is 2.77 bits per heavy atom. The normalized spacial score (nSPS) is 12.7. The average Bonchev–Trinajstić information content (AvgIpc) is 2.45. The van der Waals surface area contributed by atoms with E-state index in [0.717, 1.165) is 12.1 Å². The molecule has 6 nitrogen and oxygen atoms in total. The molecule has 0 saturated heterocycles. The second-order valence-electron chi connectivity index (χ2n) is 4.62. The molecule has 0 radical (unpaired) electrons. The van der Waals surface area contributed by atoms with Crippen molar-refractivity contribution in [2.75, 3.05) is 20.3 Å². The molecule has 0 aliphatic heterocycles. The van der Waals surface area contributed by atoms with E-state index in [0.29, 0.717) is 6.61 Å². The minimum Gasteiger partial charge on any atom is -0.383 e. The van der Waals surface area contributed by atoms with Gasteiger partial charge < -0.3 is 10.1 Å². The molecule has 22 heavy (non-hydrogen) atoms. The Morgan fingerprint density at radius 1 is 1.50 bits per heavy atom. The van der Waals surface area contributed by atoms with E-state index in [-0.39, 0.29) is 18.2 Å². The number of methoxy groups -OCH3 is 1. The van der Waals surface area contributed by atoms with Crippen LogP contribution in [0.1, 0.15) is 17.3 Å². The molecule has 1 amide bonds. The summed E-state index contributed by atoms with van der Waals surface area (Å²) in [4.78, 5) is 11.4. The average molecular weight is 330 g/mol. The number of nitrogens with one attached hydrogen (secondary N) is 2. The third kappa shape index (κ3) is 4.90. The third-order valence-corrected chi connectivity index (χ3v) is 4.13. The van der Waals surface area contributed by atoms with Gasteiger partial charge in [0.15, 0.2) is 0 Å². The number of ether oxygens (including phenoxy) is 1. The highest BCUT2D eigenvalue weighted by atomic mass is 32.2. The first-order chi connectivity index (χ1) is 10.3. The predicted molar refractivity (Wildman–Crippen MR) is 80.6 cm³/mol. The van der Waals surface area contributed by atoms with Crippen molar-refractivity contribution >= 4 is 15.9 Å². The van der Waals surface area contributed by atoms with Crippen LogP contribution in [0, 0.1) is 5.82 Å². The van der Waals surface area contributed by atoms with Gasteiger partial charge in [0.2, 0.25) is 10.0 Å². The van der Waals surface area contributed by atoms with E-state index >= 15 is 0 Å². The van der Waals surface area contributed by atoms with Crippen LogP contribution >= 0.6 is 0 Å². The molecule has 0 bridgehead atoms. The van der Waals surface area contributed by atoms with E-state index in [2.05, 4.69) is 16.6 Å². The molecule has 0 saturated carbocycles. The highest BCUT2D eigenvalue weighted by Gasteiger charge is 2.21. The van der Waals surface area contributed by atoms with Crippen molar-refractivity contribution in [2.45, 2.75) is 17.9 Å². The Balaban J connectivity index is 3.04. The van der Waals surface area contributed by atoms with Crippen LogP contribution in [0.15, 0.2) is 35.7 Å². The van der Waals surface area contributed by atoms with E-state index in [1.165, 1.54) is 19.3 Å². The van der Waals surface area contributed by atoms with Gasteiger partial charge in [-0.3, -0.25) is 4.79 Å². The second kappa shape index (κ2) is 8.02. The molecule has 1 rings (SSSR count). The maximum Gasteiger partial charge on any atom is 0.251 e. The Hall–Kier alpha value is -1.77. The van der Waals surface area contributed by atoms with Crippen molar-refractivity contribution in [1.29, 1.82) is 0 Å². The summed E-state index contributed by atoms with van der Waals surface area (Å²) in [5.74, 6) is -1.44. The molecule has 0 heterocycles. The topological polar surface area (TPSA) is 84.5 Å². The zero-order chi connectivity index (χ0) is 16.8. The number of carbonyl (C=O) groups is 1. The molecule has 0 aliphatic carbocycles. The maximum atomic E-state index is 13.7. The third-order valence-electron chi connectivity index (χ3n) is 2.69. The summed E-state index contributed by atoms with van der Waals surface area (Å²) in [6.07, 6.45) is 1.33. The molecule has 0 aromatic heterocycles. The van der Waals surface area contributed by atoms with E-state index in [1.54, 1.807) is 6.92 Å². The lowest BCUT2D eigenvalue weighted by Crippen LogP contribution is -2.35. The lowest BCUT2D eigenvalue weighted by Gasteiger charge is -2.13. The molecule has 1 aromatic carbocycles. The van der Waals surface area contributed by atoms with E-state index < -0.39 is 26.6 Å². The summed E-state index contributed by atoms with van der Waals surface area (Å²) in [6, 6.07) is 2.89. The van der Waals surface area contributed by atoms with Gasteiger partial charge in [0, 0.05) is 25.3 Å². The standard InChI is InChI=1S/C14H19FN2O4S/c1-4-7-16-22(19,20)13-8-11(5-6-12(13)15)14(18)17-10(2)9-21-3/h4-6,8,10,16H,1,7,9H2,2-3H3,(H,17,18). The quantitative estimate of drug-likeness (QED) is 0.698. The van der Waals surface area contributed by atoms with E-state index in [9.17, 15) is 17.6 Å². The number of sulfonamides is 1. The van der Waals surface area contributed by atoms with Crippen LogP contribution < -0.4 is 10.0 Å². The van der Waals surface area contributed by atoms with Crippen molar-refractivity contribution < 1.29 is 22.3 Å². The van der Waals surface area contributed by atoms with Gasteiger partial charge in [0.25, 0.3) is 5.91 Å². The van der Waals surface area contributed by atoms with Gasteiger partial charge in [0.1, 0.15) is 10.7 Å². The van der Waals surface area contributed by atoms with Gasteiger partial charge in [0.05, 0.1) is 6.61 Å². The predicted octanol–water partition coefficient (Wildman–Crippen LogP) is 1.05. The first-order valence-corrected chi connectivity index (χ1v) is 8.00. The van der Waals surface area contributed by atoms with Gasteiger partial charge in [-0.05, 0) is 25.1 Å². The van der Waals surface area contributed by atoms with Crippen molar-refractivity contribution in [1.82, 2.24) is 10.0 Å². The summed E-state index contributed by atoms with van der Waals surface area (Å²) in [5, 5.41) is 2.62. The van der Waals surface area contributed by atoms with Crippen LogP contribution in [0.2, 0.25) is 0 Å². The molecule has 0 aliphatic rings. The summed E-state index contributed by atoms with van der Waals surface area (Å²) in [7, 11) is -2.55. The molecule has 1 atom stereocenters. The monoisotopic (exact) mass is 330 g/mol. The van der Waals surface area contributed by atoms with Crippen LogP contribution in [-0.4, -0.2) is 40.6 Å². The molecule has 2 N–H and O–H groups in total. The van der Waals surface area contributed by atoms with Crippen molar-refractivity contribution in [3.05, 3.63) is 42.2 Å². The van der Waals surface area contributed by atoms with Gasteiger partial charge in [-0.1, -0.05) is 6.08 Å². The Morgan fingerprint density at radius 2 is 2.18 bits per heavy atom. The summed E-state index contributed by atoms with van der Waals surface area (Å²) < 4.78 is 44.7. The molecule has 122 valence electrons. The van der Waals surface area contributed by atoms with Crippen molar-refractivity contribution in [2.24, 2.45) is 0 Å². The van der Waals surface area contributed by atoms with Crippen molar-refractivity contribution in [3.8, 4) is 0 Å². The van der Waals surface area contributed by atoms with Gasteiger partial charge in [-0.15, -0.1) is 6.58 Å². The molecule has 0 fully saturated rings. The summed E-state index contributed by atoms with van der Waals surface area (Å²) in [5.41, 5.74) is 0.0448. The van der Waals surface area contributed by atoms with E-state index in [1.807, 2.05) is 0 Å². The number of halogens is 1. The number of carbonyl (C=O) groups excluding carboxylic acids is 1. The van der Waals surface area contributed by atoms with Crippen molar-refractivity contribution in [3.63, 3.8) is 0 Å². The summed E-state index contributed by atoms with van der Waals surface area (Å²) in [6.45, 7) is 5.38. The molecule has 1 unspecified atom stereocenters. The Labute approximate surface area is 129 Å². The molecule has 8 heteroatoms. The maximum absolute atomic E-state index is 13.7. The number of benzene rings is 1. The minimum absolute atomic E-state index is 0.0386. The number of amides is 1. The van der Waals surface area contributed by atoms with Crippen LogP contribution in [0.5, 0.6) is 0 Å². The zero-order valence-corrected chi connectivity index (χ0v) is 13.2.